The Morgan fingerprint density at radius 1 is 1.04 bits per heavy atom. The first kappa shape index (κ1) is 38.7. The Hall–Kier alpha value is -3.55. The fraction of sp³-hybridized carbons (Fsp3) is 0.658. The maximum atomic E-state index is 14.0. The molecule has 5 rings (SSSR count). The van der Waals surface area contributed by atoms with E-state index in [9.17, 15) is 24.3 Å². The highest BCUT2D eigenvalue weighted by Gasteiger charge is 2.48. The maximum Gasteiger partial charge on any atom is 0.410 e. The van der Waals surface area contributed by atoms with E-state index in [1.54, 1.807) is 16.2 Å². The van der Waals surface area contributed by atoms with Crippen LogP contribution in [0.15, 0.2) is 29.8 Å². The number of nitrogens with one attached hydrogen (secondary N) is 2. The van der Waals surface area contributed by atoms with Crippen molar-refractivity contribution < 1.29 is 33.8 Å². The van der Waals surface area contributed by atoms with E-state index < -0.39 is 41.0 Å². The van der Waals surface area contributed by atoms with Gasteiger partial charge in [0, 0.05) is 26.1 Å². The van der Waals surface area contributed by atoms with E-state index in [1.165, 1.54) is 4.90 Å². The Kier molecular flexibility index (Phi) is 11.5. The van der Waals surface area contributed by atoms with Gasteiger partial charge in [-0.1, -0.05) is 45.0 Å². The third kappa shape index (κ3) is 9.47. The average Bonchev–Trinajstić information content (AvgIpc) is 3.65. The topological polar surface area (TPSA) is 150 Å². The predicted molar refractivity (Wildman–Crippen MR) is 195 cm³/mol. The van der Waals surface area contributed by atoms with Crippen molar-refractivity contribution in [1.29, 1.82) is 0 Å². The second-order valence-electron chi connectivity index (χ2n) is 16.7. The maximum absolute atomic E-state index is 14.0. The number of amides is 4. The number of hydrogen-bond donors (Lipinski definition) is 3. The summed E-state index contributed by atoms with van der Waals surface area (Å²) < 4.78 is 11.5. The lowest BCUT2D eigenvalue weighted by atomic mass is 9.61. The molecule has 280 valence electrons. The van der Waals surface area contributed by atoms with E-state index in [0.29, 0.717) is 13.1 Å². The number of carbonyl (C=O) groups is 4. The molecule has 3 heterocycles. The van der Waals surface area contributed by atoms with Gasteiger partial charge in [0.15, 0.2) is 0 Å². The van der Waals surface area contributed by atoms with Crippen molar-refractivity contribution in [2.45, 2.75) is 123 Å². The number of likely N-dealkylation sites (tertiary alicyclic amines) is 2. The number of aliphatic hydroxyl groups is 1. The number of β-amino-alcohol motifs (C(OH)–C–C–N with tert-alkyl or cyclic N) is 1. The van der Waals surface area contributed by atoms with Crippen LogP contribution >= 0.6 is 11.3 Å². The van der Waals surface area contributed by atoms with Crippen LogP contribution in [0.25, 0.3) is 10.4 Å². The molecule has 2 saturated heterocycles. The lowest BCUT2D eigenvalue weighted by molar-refractivity contribution is -0.147. The van der Waals surface area contributed by atoms with Gasteiger partial charge in [-0.25, -0.2) is 9.78 Å². The zero-order valence-electron chi connectivity index (χ0n) is 31.3. The summed E-state index contributed by atoms with van der Waals surface area (Å²) in [4.78, 5) is 61.8. The Morgan fingerprint density at radius 3 is 2.25 bits per heavy atom. The number of aliphatic hydroxyl groups excluding tert-OH is 1. The summed E-state index contributed by atoms with van der Waals surface area (Å²) in [6.45, 7) is 16.1. The van der Waals surface area contributed by atoms with Crippen molar-refractivity contribution in [3.05, 3.63) is 41.0 Å². The summed E-state index contributed by atoms with van der Waals surface area (Å²) in [5.74, 6) is -1.17. The van der Waals surface area contributed by atoms with Crippen LogP contribution in [0.3, 0.4) is 0 Å². The Balaban J connectivity index is 1.12. The first-order chi connectivity index (χ1) is 23.8. The number of ether oxygens (including phenoxy) is 2. The van der Waals surface area contributed by atoms with Crippen LogP contribution in [-0.4, -0.2) is 99.8 Å². The molecule has 13 heteroatoms. The summed E-state index contributed by atoms with van der Waals surface area (Å²) in [6, 6.07) is 5.82. The lowest BCUT2D eigenvalue weighted by Gasteiger charge is -2.51. The van der Waals surface area contributed by atoms with E-state index in [4.69, 9.17) is 9.47 Å². The zero-order chi connectivity index (χ0) is 37.3. The number of nitrogens with zero attached hydrogens (tertiary/aromatic N) is 3. The van der Waals surface area contributed by atoms with Gasteiger partial charge in [0.05, 0.1) is 34.3 Å². The number of carbonyl (C=O) groups excluding carboxylic acids is 4. The molecule has 1 spiro atoms. The molecule has 1 saturated carbocycles. The monoisotopic (exact) mass is 725 g/mol. The van der Waals surface area contributed by atoms with E-state index >= 15 is 0 Å². The van der Waals surface area contributed by atoms with Gasteiger partial charge in [0.2, 0.25) is 17.7 Å². The third-order valence-corrected chi connectivity index (χ3v) is 11.3. The fourth-order valence-electron chi connectivity index (χ4n) is 7.33. The van der Waals surface area contributed by atoms with Crippen LogP contribution in [0.2, 0.25) is 0 Å². The van der Waals surface area contributed by atoms with Gasteiger partial charge < -0.3 is 35.0 Å². The molecule has 51 heavy (non-hydrogen) atoms. The molecule has 0 unspecified atom stereocenters. The number of aromatic nitrogens is 1. The van der Waals surface area contributed by atoms with E-state index in [2.05, 4.69) is 15.6 Å². The molecule has 0 bridgehead atoms. The standard InChI is InChI=1S/C38H55N5O7S/c1-23(25-9-11-26(12-10-25)31-24(2)39-22-51-31)40-33(46)29-17-27(44)20-43(29)34(47)32(36(3,4)5)41-30(45)21-49-28-18-38(19-28)13-15-42(16-14-38)35(48)50-37(6,7)8/h9-12,22-23,27-29,32,44H,13-21H2,1-8H3,(H,40,46)(H,41,45)/t23-,27+,29-,32+/m0/s1. The van der Waals surface area contributed by atoms with Gasteiger partial charge >= 0.3 is 6.09 Å². The highest BCUT2D eigenvalue weighted by Crippen LogP contribution is 2.50. The van der Waals surface area contributed by atoms with Crippen molar-refractivity contribution in [3.63, 3.8) is 0 Å². The second-order valence-corrected chi connectivity index (χ2v) is 17.5. The molecule has 0 radical (unpaired) electrons. The van der Waals surface area contributed by atoms with Crippen LogP contribution in [-0.2, 0) is 23.9 Å². The van der Waals surface area contributed by atoms with E-state index in [0.717, 1.165) is 47.4 Å². The summed E-state index contributed by atoms with van der Waals surface area (Å²) in [5.41, 5.74) is 3.67. The number of benzene rings is 1. The number of aryl methyl sites for hydroxylation is 1. The van der Waals surface area contributed by atoms with Crippen molar-refractivity contribution in [3.8, 4) is 10.4 Å². The smallest absolute Gasteiger partial charge is 0.410 e. The van der Waals surface area contributed by atoms with Crippen LogP contribution in [0.5, 0.6) is 0 Å². The lowest BCUT2D eigenvalue weighted by Crippen LogP contribution is -2.58. The van der Waals surface area contributed by atoms with Gasteiger partial charge in [-0.3, -0.25) is 14.4 Å². The summed E-state index contributed by atoms with van der Waals surface area (Å²) >= 11 is 1.58. The number of thiazole rings is 1. The highest BCUT2D eigenvalue weighted by atomic mass is 32.1. The SMILES string of the molecule is Cc1ncsc1-c1ccc([C@H](C)NC(=O)[C@@H]2C[C@@H](O)CN2C(=O)[C@@H](NC(=O)COC2CC3(CCN(C(=O)OC(C)(C)C)CC3)C2)C(C)(C)C)cc1. The first-order valence-electron chi connectivity index (χ1n) is 18.0. The molecule has 3 N–H and O–H groups in total. The Morgan fingerprint density at radius 2 is 1.69 bits per heavy atom. The molecule has 4 amide bonds. The van der Waals surface area contributed by atoms with Crippen LogP contribution in [0.4, 0.5) is 4.79 Å². The molecular formula is C38H55N5O7S. The third-order valence-electron chi connectivity index (χ3n) is 10.3. The number of piperidine rings is 1. The molecule has 2 aromatic rings. The molecule has 1 aliphatic carbocycles. The van der Waals surface area contributed by atoms with Gasteiger partial charge in [0.1, 0.15) is 24.3 Å². The van der Waals surface area contributed by atoms with Crippen molar-refractivity contribution in [1.82, 2.24) is 25.4 Å². The van der Waals surface area contributed by atoms with Gasteiger partial charge in [-0.2, -0.15) is 0 Å². The van der Waals surface area contributed by atoms with Gasteiger partial charge in [-0.05, 0) is 82.3 Å². The van der Waals surface area contributed by atoms with Gasteiger partial charge in [0.25, 0.3) is 0 Å². The summed E-state index contributed by atoms with van der Waals surface area (Å²) in [7, 11) is 0. The molecule has 2 aliphatic heterocycles. The van der Waals surface area contributed by atoms with E-state index in [1.807, 2.05) is 85.2 Å². The second kappa shape index (κ2) is 15.2. The molecule has 3 fully saturated rings. The Bertz CT molecular complexity index is 1560. The molecule has 4 atom stereocenters. The number of rotatable bonds is 9. The largest absolute Gasteiger partial charge is 0.444 e. The van der Waals surface area contributed by atoms with Crippen molar-refractivity contribution in [2.75, 3.05) is 26.2 Å². The fourth-order valence-corrected chi connectivity index (χ4v) is 8.15. The number of hydrogen-bond acceptors (Lipinski definition) is 9. The van der Waals surface area contributed by atoms with E-state index in [-0.39, 0.29) is 49.1 Å². The van der Waals surface area contributed by atoms with Crippen LogP contribution < -0.4 is 10.6 Å². The van der Waals surface area contributed by atoms with Crippen LogP contribution in [0, 0.1) is 17.8 Å². The molecule has 3 aliphatic rings. The molecule has 1 aromatic heterocycles. The normalized spacial score (nSPS) is 21.9. The first-order valence-corrected chi connectivity index (χ1v) is 18.9. The van der Waals surface area contributed by atoms with Crippen molar-refractivity contribution >= 4 is 35.2 Å². The van der Waals surface area contributed by atoms with Crippen molar-refractivity contribution in [2.24, 2.45) is 10.8 Å². The molecule has 12 nitrogen and oxygen atoms in total. The average molecular weight is 726 g/mol. The van der Waals surface area contributed by atoms with Gasteiger partial charge in [-0.15, -0.1) is 11.3 Å². The summed E-state index contributed by atoms with van der Waals surface area (Å²) in [5, 5.41) is 16.5. The predicted octanol–water partition coefficient (Wildman–Crippen LogP) is 4.98. The quantitative estimate of drug-likeness (QED) is 0.328. The minimum Gasteiger partial charge on any atom is -0.444 e. The molecule has 1 aromatic carbocycles. The molecular weight excluding hydrogens is 671 g/mol. The van der Waals surface area contributed by atoms with Crippen LogP contribution in [0.1, 0.15) is 97.9 Å². The zero-order valence-corrected chi connectivity index (χ0v) is 32.1. The highest BCUT2D eigenvalue weighted by molar-refractivity contribution is 7.13. The summed E-state index contributed by atoms with van der Waals surface area (Å²) in [6.07, 6.45) is 2.29. The Labute approximate surface area is 305 Å². The minimum absolute atomic E-state index is 0.00264. The minimum atomic E-state index is -0.931.